The third-order valence-electron chi connectivity index (χ3n) is 1.91. The number of halogens is 3. The molecule has 0 unspecified atom stereocenters. The summed E-state index contributed by atoms with van der Waals surface area (Å²) in [6.45, 7) is 0.449. The molecule has 0 saturated carbocycles. The van der Waals surface area contributed by atoms with Gasteiger partial charge in [0.2, 0.25) is 0 Å². The van der Waals surface area contributed by atoms with Crippen molar-refractivity contribution in [2.45, 2.75) is 6.42 Å². The summed E-state index contributed by atoms with van der Waals surface area (Å²) in [6.07, 6.45) is 0.278. The number of rotatable bonds is 4. The van der Waals surface area contributed by atoms with Gasteiger partial charge in [0.1, 0.15) is 0 Å². The van der Waals surface area contributed by atoms with Crippen molar-refractivity contribution >= 4 is 50.8 Å². The van der Waals surface area contributed by atoms with Crippen molar-refractivity contribution in [3.63, 3.8) is 0 Å². The maximum Gasteiger partial charge on any atom is 0.307 e. The van der Waals surface area contributed by atoms with E-state index in [0.29, 0.717) is 22.3 Å². The van der Waals surface area contributed by atoms with Crippen LogP contribution in [0.25, 0.3) is 0 Å². The molecule has 0 spiro atoms. The Bertz CT molecular complexity index is 399. The minimum absolute atomic E-state index is 0.271. The monoisotopic (exact) mass is 325 g/mol. The molecule has 0 aromatic heterocycles. The van der Waals surface area contributed by atoms with Gasteiger partial charge in [0.15, 0.2) is 0 Å². The van der Waals surface area contributed by atoms with Gasteiger partial charge in [-0.3, -0.25) is 4.79 Å². The van der Waals surface area contributed by atoms with Crippen LogP contribution in [0.4, 0.5) is 5.69 Å². The molecule has 6 heteroatoms. The van der Waals surface area contributed by atoms with Crippen LogP contribution in [0.2, 0.25) is 10.0 Å². The Labute approximate surface area is 112 Å². The molecule has 0 aliphatic heterocycles. The SMILES string of the molecule is COC(=O)CCNc1ccc(Br)c(Cl)c1Cl. The van der Waals surface area contributed by atoms with E-state index in [2.05, 4.69) is 26.0 Å². The Morgan fingerprint density at radius 3 is 2.75 bits per heavy atom. The summed E-state index contributed by atoms with van der Waals surface area (Å²) in [6, 6.07) is 3.57. The zero-order valence-corrected chi connectivity index (χ0v) is 11.6. The normalized spacial score (nSPS) is 10.0. The Morgan fingerprint density at radius 1 is 1.44 bits per heavy atom. The average Bonchev–Trinajstić information content (AvgIpc) is 2.29. The summed E-state index contributed by atoms with van der Waals surface area (Å²) < 4.78 is 5.25. The fraction of sp³-hybridized carbons (Fsp3) is 0.300. The van der Waals surface area contributed by atoms with Gasteiger partial charge in [0.25, 0.3) is 0 Å². The minimum Gasteiger partial charge on any atom is -0.469 e. The van der Waals surface area contributed by atoms with Crippen molar-refractivity contribution in [1.82, 2.24) is 0 Å². The van der Waals surface area contributed by atoms with Crippen LogP contribution in [-0.4, -0.2) is 19.6 Å². The molecule has 1 aromatic rings. The smallest absolute Gasteiger partial charge is 0.307 e. The van der Waals surface area contributed by atoms with E-state index in [4.69, 9.17) is 23.2 Å². The molecule has 1 N–H and O–H groups in total. The van der Waals surface area contributed by atoms with Gasteiger partial charge in [-0.1, -0.05) is 23.2 Å². The third kappa shape index (κ3) is 3.54. The van der Waals surface area contributed by atoms with Gasteiger partial charge in [0, 0.05) is 11.0 Å². The molecule has 0 heterocycles. The number of benzene rings is 1. The second-order valence-corrected chi connectivity index (χ2v) is 4.59. The molecular weight excluding hydrogens is 317 g/mol. The molecule has 0 saturated heterocycles. The third-order valence-corrected chi connectivity index (χ3v) is 3.68. The Morgan fingerprint density at radius 2 is 2.12 bits per heavy atom. The molecule has 0 aliphatic carbocycles. The molecule has 0 atom stereocenters. The molecular formula is C10H10BrCl2NO2. The second kappa shape index (κ2) is 6.33. The van der Waals surface area contributed by atoms with Crippen molar-refractivity contribution in [3.8, 4) is 0 Å². The molecule has 0 fully saturated rings. The summed E-state index contributed by atoms with van der Waals surface area (Å²) in [7, 11) is 1.35. The van der Waals surface area contributed by atoms with Crippen LogP contribution in [0.15, 0.2) is 16.6 Å². The average molecular weight is 327 g/mol. The Kier molecular flexibility index (Phi) is 5.38. The van der Waals surface area contributed by atoms with E-state index in [1.54, 1.807) is 12.1 Å². The van der Waals surface area contributed by atoms with E-state index < -0.39 is 0 Å². The lowest BCUT2D eigenvalue weighted by atomic mass is 10.3. The summed E-state index contributed by atoms with van der Waals surface area (Å²) in [5, 5.41) is 3.89. The molecule has 0 radical (unpaired) electrons. The van der Waals surface area contributed by atoms with Gasteiger partial charge in [-0.25, -0.2) is 0 Å². The fourth-order valence-corrected chi connectivity index (χ4v) is 1.90. The first-order valence-corrected chi connectivity index (χ1v) is 6.05. The van der Waals surface area contributed by atoms with Gasteiger partial charge in [-0.05, 0) is 28.1 Å². The molecule has 3 nitrogen and oxygen atoms in total. The van der Waals surface area contributed by atoms with Crippen LogP contribution in [0.5, 0.6) is 0 Å². The Hall–Kier alpha value is -0.450. The number of carbonyl (C=O) groups excluding carboxylic acids is 1. The standard InChI is InChI=1S/C10H10BrCl2NO2/c1-16-8(15)4-5-14-7-3-2-6(11)9(12)10(7)13/h2-3,14H,4-5H2,1H3. The van der Waals surface area contributed by atoms with Crippen LogP contribution >= 0.6 is 39.1 Å². The summed E-state index contributed by atoms with van der Waals surface area (Å²) in [5.74, 6) is -0.271. The number of nitrogens with one attached hydrogen (secondary N) is 1. The van der Waals surface area contributed by atoms with E-state index in [1.165, 1.54) is 7.11 Å². The maximum absolute atomic E-state index is 10.9. The largest absolute Gasteiger partial charge is 0.469 e. The quantitative estimate of drug-likeness (QED) is 0.676. The molecule has 0 bridgehead atoms. The van der Waals surface area contributed by atoms with Crippen molar-refractivity contribution in [2.75, 3.05) is 19.0 Å². The van der Waals surface area contributed by atoms with Crippen molar-refractivity contribution in [2.24, 2.45) is 0 Å². The summed E-state index contributed by atoms with van der Waals surface area (Å²) in [5.41, 5.74) is 0.693. The van der Waals surface area contributed by atoms with Crippen molar-refractivity contribution in [1.29, 1.82) is 0 Å². The first-order valence-electron chi connectivity index (χ1n) is 4.50. The summed E-state index contributed by atoms with van der Waals surface area (Å²) in [4.78, 5) is 10.9. The van der Waals surface area contributed by atoms with E-state index in [0.717, 1.165) is 4.47 Å². The van der Waals surface area contributed by atoms with Crippen molar-refractivity contribution in [3.05, 3.63) is 26.7 Å². The van der Waals surface area contributed by atoms with Crippen LogP contribution < -0.4 is 5.32 Å². The van der Waals surface area contributed by atoms with Gasteiger partial charge in [-0.15, -0.1) is 0 Å². The first-order chi connectivity index (χ1) is 7.56. The lowest BCUT2D eigenvalue weighted by Crippen LogP contribution is -2.09. The topological polar surface area (TPSA) is 38.3 Å². The number of esters is 1. The minimum atomic E-state index is -0.271. The highest BCUT2D eigenvalue weighted by Gasteiger charge is 2.08. The number of hydrogen-bond acceptors (Lipinski definition) is 3. The van der Waals surface area contributed by atoms with E-state index in [-0.39, 0.29) is 12.4 Å². The molecule has 88 valence electrons. The number of ether oxygens (including phenoxy) is 1. The van der Waals surface area contributed by atoms with Crippen LogP contribution in [0.1, 0.15) is 6.42 Å². The van der Waals surface area contributed by atoms with E-state index >= 15 is 0 Å². The molecule has 1 rings (SSSR count). The van der Waals surface area contributed by atoms with E-state index in [9.17, 15) is 4.79 Å². The molecule has 0 amide bonds. The first kappa shape index (κ1) is 13.6. The molecule has 0 aliphatic rings. The predicted octanol–water partition coefficient (Wildman–Crippen LogP) is 3.73. The van der Waals surface area contributed by atoms with Crippen LogP contribution in [0, 0.1) is 0 Å². The fourth-order valence-electron chi connectivity index (χ4n) is 1.06. The zero-order chi connectivity index (χ0) is 12.1. The highest BCUT2D eigenvalue weighted by Crippen LogP contribution is 2.35. The predicted molar refractivity (Wildman–Crippen MR) is 69.3 cm³/mol. The maximum atomic E-state index is 10.9. The van der Waals surface area contributed by atoms with E-state index in [1.807, 2.05) is 0 Å². The number of methoxy groups -OCH3 is 1. The highest BCUT2D eigenvalue weighted by atomic mass is 79.9. The summed E-state index contributed by atoms with van der Waals surface area (Å²) >= 11 is 15.2. The molecule has 16 heavy (non-hydrogen) atoms. The lowest BCUT2D eigenvalue weighted by molar-refractivity contribution is -0.140. The van der Waals surface area contributed by atoms with Gasteiger partial charge in [-0.2, -0.15) is 0 Å². The molecule has 1 aromatic carbocycles. The van der Waals surface area contributed by atoms with Gasteiger partial charge < -0.3 is 10.1 Å². The van der Waals surface area contributed by atoms with Crippen LogP contribution in [-0.2, 0) is 9.53 Å². The lowest BCUT2D eigenvalue weighted by Gasteiger charge is -2.09. The zero-order valence-electron chi connectivity index (χ0n) is 8.52. The van der Waals surface area contributed by atoms with Crippen molar-refractivity contribution < 1.29 is 9.53 Å². The number of hydrogen-bond donors (Lipinski definition) is 1. The van der Waals surface area contributed by atoms with Gasteiger partial charge >= 0.3 is 5.97 Å². The van der Waals surface area contributed by atoms with Gasteiger partial charge in [0.05, 0.1) is 29.3 Å². The highest BCUT2D eigenvalue weighted by molar-refractivity contribution is 9.10. The van der Waals surface area contributed by atoms with Crippen LogP contribution in [0.3, 0.4) is 0 Å². The second-order valence-electron chi connectivity index (χ2n) is 2.98. The number of carbonyl (C=O) groups is 1. The number of anilines is 1. The Balaban J connectivity index is 2.61.